The molecular formula is C37H49N9O4. The average Bonchev–Trinajstić information content (AvgIpc) is 3.57. The van der Waals surface area contributed by atoms with E-state index in [1.165, 1.54) is 19.3 Å². The Balaban J connectivity index is 0.920. The lowest BCUT2D eigenvalue weighted by Gasteiger charge is -2.39. The lowest BCUT2D eigenvalue weighted by molar-refractivity contribution is -0.120. The fourth-order valence-electron chi connectivity index (χ4n) is 7.98. The molecule has 2 aromatic heterocycles. The van der Waals surface area contributed by atoms with Crippen LogP contribution in [0.2, 0.25) is 0 Å². The number of hydrogen-bond donors (Lipinski definition) is 2. The molecule has 3 aliphatic heterocycles. The Labute approximate surface area is 293 Å². The van der Waals surface area contributed by atoms with Crippen LogP contribution in [0.15, 0.2) is 36.5 Å². The molecule has 1 aromatic carbocycles. The van der Waals surface area contributed by atoms with Crippen LogP contribution < -0.4 is 20.4 Å². The molecular weight excluding hydrogens is 634 g/mol. The summed E-state index contributed by atoms with van der Waals surface area (Å²) >= 11 is 0. The smallest absolute Gasteiger partial charge is 0.328 e. The third kappa shape index (κ3) is 7.33. The van der Waals surface area contributed by atoms with Crippen LogP contribution in [-0.2, 0) is 4.79 Å². The number of carbonyl (C=O) groups is 4. The molecule has 0 unspecified atom stereocenters. The normalized spacial score (nSPS) is 20.1. The topological polar surface area (TPSA) is 136 Å². The van der Waals surface area contributed by atoms with Crippen molar-refractivity contribution in [3.05, 3.63) is 47.8 Å². The van der Waals surface area contributed by atoms with Crippen LogP contribution in [0.1, 0.15) is 92.1 Å². The first-order valence-corrected chi connectivity index (χ1v) is 18.4. The standard InChI is InChI=1S/C37H49N9O4/c1-25(2)45-16-12-29-31(45)22-27(23-32(29)46-17-13-34(47)39-37(46)50)36(49)44-20-18-42(19-21-44)24-26-10-14-43(15-11-26)33-9-8-30(40-41-33)35(48)38-28-6-4-3-5-7-28/h8-9,12,16,22-23,25-26,28H,3-7,10-11,13-15,17-21,24H2,1-2H3,(H,38,48)(H,39,47,50). The summed E-state index contributed by atoms with van der Waals surface area (Å²) in [5.41, 5.74) is 2.49. The number of urea groups is 1. The zero-order chi connectivity index (χ0) is 34.8. The highest BCUT2D eigenvalue weighted by atomic mass is 16.2. The summed E-state index contributed by atoms with van der Waals surface area (Å²) in [6, 6.07) is 9.42. The lowest BCUT2D eigenvalue weighted by atomic mass is 9.95. The molecule has 1 aliphatic carbocycles. The summed E-state index contributed by atoms with van der Waals surface area (Å²) in [6.07, 6.45) is 9.99. The molecule has 4 fully saturated rings. The maximum atomic E-state index is 13.9. The Hall–Kier alpha value is -4.52. The van der Waals surface area contributed by atoms with Crippen LogP contribution in [-0.4, -0.2) is 107 Å². The molecule has 3 aromatic rings. The predicted molar refractivity (Wildman–Crippen MR) is 191 cm³/mol. The van der Waals surface area contributed by atoms with E-state index >= 15 is 0 Å². The zero-order valence-corrected chi connectivity index (χ0v) is 29.3. The highest BCUT2D eigenvalue weighted by Crippen LogP contribution is 2.33. The van der Waals surface area contributed by atoms with Crippen molar-refractivity contribution in [3.63, 3.8) is 0 Å². The molecule has 0 radical (unpaired) electrons. The largest absolute Gasteiger partial charge is 0.355 e. The molecule has 50 heavy (non-hydrogen) atoms. The number of anilines is 2. The van der Waals surface area contributed by atoms with Gasteiger partial charge in [0.2, 0.25) is 5.91 Å². The Morgan fingerprint density at radius 1 is 0.900 bits per heavy atom. The van der Waals surface area contributed by atoms with Crippen molar-refractivity contribution in [2.45, 2.75) is 77.3 Å². The second-order valence-electron chi connectivity index (χ2n) is 14.6. The second-order valence-corrected chi connectivity index (χ2v) is 14.6. The van der Waals surface area contributed by atoms with Gasteiger partial charge in [0.05, 0.1) is 11.2 Å². The van der Waals surface area contributed by atoms with Crippen LogP contribution in [0, 0.1) is 5.92 Å². The lowest BCUT2D eigenvalue weighted by Crippen LogP contribution is -2.51. The number of carbonyl (C=O) groups excluding carboxylic acids is 4. The summed E-state index contributed by atoms with van der Waals surface area (Å²) in [6.45, 7) is 10.2. The molecule has 13 nitrogen and oxygen atoms in total. The van der Waals surface area contributed by atoms with Crippen LogP contribution in [0.25, 0.3) is 10.9 Å². The second kappa shape index (κ2) is 14.8. The van der Waals surface area contributed by atoms with Crippen molar-refractivity contribution < 1.29 is 19.2 Å². The third-order valence-corrected chi connectivity index (χ3v) is 10.9. The molecule has 2 N–H and O–H groups in total. The van der Waals surface area contributed by atoms with Gasteiger partial charge in [-0.15, -0.1) is 10.2 Å². The number of imide groups is 1. The molecule has 13 heteroatoms. The first-order chi connectivity index (χ1) is 24.2. The van der Waals surface area contributed by atoms with Crippen LogP contribution in [0.4, 0.5) is 16.3 Å². The number of amides is 5. The minimum Gasteiger partial charge on any atom is -0.355 e. The van der Waals surface area contributed by atoms with Gasteiger partial charge in [-0.3, -0.25) is 29.5 Å². The number of piperazine rings is 1. The maximum Gasteiger partial charge on any atom is 0.328 e. The van der Waals surface area contributed by atoms with Crippen LogP contribution >= 0.6 is 0 Å². The van der Waals surface area contributed by atoms with Gasteiger partial charge in [0.25, 0.3) is 11.8 Å². The fraction of sp³-hybridized carbons (Fsp3) is 0.568. The zero-order valence-electron chi connectivity index (χ0n) is 29.3. The number of rotatable bonds is 8. The monoisotopic (exact) mass is 683 g/mol. The highest BCUT2D eigenvalue weighted by Gasteiger charge is 2.30. The highest BCUT2D eigenvalue weighted by molar-refractivity contribution is 6.11. The molecule has 4 aliphatic rings. The average molecular weight is 684 g/mol. The summed E-state index contributed by atoms with van der Waals surface area (Å²) in [4.78, 5) is 59.5. The molecule has 3 saturated heterocycles. The minimum atomic E-state index is -0.455. The minimum absolute atomic E-state index is 0.0373. The summed E-state index contributed by atoms with van der Waals surface area (Å²) in [5, 5.41) is 15.1. The number of benzene rings is 1. The maximum absolute atomic E-state index is 13.9. The van der Waals surface area contributed by atoms with Crippen molar-refractivity contribution in [3.8, 4) is 0 Å². The van der Waals surface area contributed by atoms with Crippen LogP contribution in [0.5, 0.6) is 0 Å². The van der Waals surface area contributed by atoms with E-state index in [1.54, 1.807) is 11.0 Å². The Bertz CT molecular complexity index is 1720. The summed E-state index contributed by atoms with van der Waals surface area (Å²) in [5.74, 6) is 0.937. The van der Waals surface area contributed by atoms with E-state index < -0.39 is 6.03 Å². The SMILES string of the molecule is CC(C)n1ccc2c(N3CCC(=O)NC3=O)cc(C(=O)N3CCN(CC4CCN(c5ccc(C(=O)NC6CCCCC6)nn5)CC4)CC3)cc21. The molecule has 1 saturated carbocycles. The van der Waals surface area contributed by atoms with Crippen LogP contribution in [0.3, 0.4) is 0 Å². The molecule has 5 heterocycles. The number of piperidine rings is 1. The van der Waals surface area contributed by atoms with E-state index in [2.05, 4.69) is 49.0 Å². The molecule has 0 atom stereocenters. The predicted octanol–water partition coefficient (Wildman–Crippen LogP) is 4.20. The Morgan fingerprint density at radius 2 is 1.66 bits per heavy atom. The fourth-order valence-corrected chi connectivity index (χ4v) is 7.98. The van der Waals surface area contributed by atoms with Gasteiger partial charge in [0.15, 0.2) is 11.5 Å². The van der Waals surface area contributed by atoms with Gasteiger partial charge in [0, 0.05) is 88.0 Å². The molecule has 7 rings (SSSR count). The van der Waals surface area contributed by atoms with Crippen molar-refractivity contribution in [2.24, 2.45) is 5.92 Å². The quantitative estimate of drug-likeness (QED) is 0.361. The van der Waals surface area contributed by atoms with Crippen molar-refractivity contribution in [1.29, 1.82) is 0 Å². The van der Waals surface area contributed by atoms with Gasteiger partial charge >= 0.3 is 6.03 Å². The Kier molecular flexibility index (Phi) is 10.0. The van der Waals surface area contributed by atoms with Crippen molar-refractivity contribution >= 4 is 46.2 Å². The van der Waals surface area contributed by atoms with Gasteiger partial charge in [0.1, 0.15) is 0 Å². The van der Waals surface area contributed by atoms with Gasteiger partial charge in [-0.25, -0.2) is 4.79 Å². The van der Waals surface area contributed by atoms with E-state index in [4.69, 9.17) is 0 Å². The van der Waals surface area contributed by atoms with Gasteiger partial charge in [-0.2, -0.15) is 0 Å². The number of aromatic nitrogens is 3. The van der Waals surface area contributed by atoms with Gasteiger partial charge in [-0.05, 0) is 75.8 Å². The van der Waals surface area contributed by atoms with Crippen molar-refractivity contribution in [1.82, 2.24) is 35.2 Å². The summed E-state index contributed by atoms with van der Waals surface area (Å²) in [7, 11) is 0. The first kappa shape index (κ1) is 34.0. The number of nitrogens with zero attached hydrogens (tertiary/aromatic N) is 7. The summed E-state index contributed by atoms with van der Waals surface area (Å²) < 4.78 is 2.12. The molecule has 0 bridgehead atoms. The van der Waals surface area contributed by atoms with Crippen molar-refractivity contribution in [2.75, 3.05) is 62.2 Å². The van der Waals surface area contributed by atoms with Gasteiger partial charge in [-0.1, -0.05) is 19.3 Å². The number of hydrogen-bond acceptors (Lipinski definition) is 8. The van der Waals surface area contributed by atoms with Gasteiger partial charge < -0.3 is 19.7 Å². The van der Waals surface area contributed by atoms with E-state index in [-0.39, 0.29) is 42.8 Å². The molecule has 266 valence electrons. The van der Waals surface area contributed by atoms with E-state index in [9.17, 15) is 19.2 Å². The Morgan fingerprint density at radius 3 is 2.34 bits per heavy atom. The number of fused-ring (bicyclic) bond motifs is 1. The first-order valence-electron chi connectivity index (χ1n) is 18.4. The third-order valence-electron chi connectivity index (χ3n) is 10.9. The van der Waals surface area contributed by atoms with E-state index in [0.717, 1.165) is 75.1 Å². The molecule has 0 spiro atoms. The van der Waals surface area contributed by atoms with E-state index in [1.807, 2.05) is 35.4 Å². The number of nitrogens with one attached hydrogen (secondary N) is 2. The molecule has 5 amide bonds. The van der Waals surface area contributed by atoms with E-state index in [0.29, 0.717) is 36.0 Å².